The van der Waals surface area contributed by atoms with E-state index in [2.05, 4.69) is 41.5 Å². The predicted octanol–water partition coefficient (Wildman–Crippen LogP) is 4.60. The quantitative estimate of drug-likeness (QED) is 0.559. The van der Waals surface area contributed by atoms with Crippen LogP contribution in [0.4, 0.5) is 0 Å². The van der Waals surface area contributed by atoms with Crippen LogP contribution in [0.25, 0.3) is 11.0 Å². The Hall–Kier alpha value is -1.95. The highest BCUT2D eigenvalue weighted by Crippen LogP contribution is 2.23. The molecule has 5 heteroatoms. The van der Waals surface area contributed by atoms with Crippen molar-refractivity contribution in [2.45, 2.75) is 45.4 Å². The van der Waals surface area contributed by atoms with Crippen molar-refractivity contribution < 1.29 is 9.15 Å². The molecule has 2 aromatic heterocycles. The highest BCUT2D eigenvalue weighted by atomic mass is 32.1. The van der Waals surface area contributed by atoms with E-state index in [1.54, 1.807) is 17.4 Å². The minimum absolute atomic E-state index is 0.279. The number of aryl methyl sites for hydroxylation is 1. The van der Waals surface area contributed by atoms with Gasteiger partial charge in [-0.1, -0.05) is 25.1 Å². The van der Waals surface area contributed by atoms with E-state index in [-0.39, 0.29) is 11.7 Å². The molecule has 1 aromatic carbocycles. The van der Waals surface area contributed by atoms with Crippen molar-refractivity contribution in [3.05, 3.63) is 68.2 Å². The molecule has 1 unspecified atom stereocenters. The number of benzene rings is 1. The molecule has 4 nitrogen and oxygen atoms in total. The van der Waals surface area contributed by atoms with Gasteiger partial charge in [0.2, 0.25) is 0 Å². The molecule has 1 saturated heterocycles. The molecular weight excluding hydrogens is 358 g/mol. The number of rotatable bonds is 7. The Kier molecular flexibility index (Phi) is 5.72. The molecule has 0 N–H and O–H groups in total. The lowest BCUT2D eigenvalue weighted by atomic mass is 10.1. The lowest BCUT2D eigenvalue weighted by molar-refractivity contribution is 0.0683. The molecule has 4 rings (SSSR count). The number of hydrogen-bond donors (Lipinski definition) is 0. The molecule has 3 aromatic rings. The van der Waals surface area contributed by atoms with Crippen molar-refractivity contribution in [1.29, 1.82) is 0 Å². The number of hydrogen-bond acceptors (Lipinski definition) is 5. The first-order chi connectivity index (χ1) is 13.2. The van der Waals surface area contributed by atoms with Crippen molar-refractivity contribution in [2.75, 3.05) is 13.2 Å². The van der Waals surface area contributed by atoms with E-state index < -0.39 is 0 Å². The second-order valence-corrected chi connectivity index (χ2v) is 8.19. The van der Waals surface area contributed by atoms with E-state index in [0.29, 0.717) is 12.1 Å². The lowest BCUT2D eigenvalue weighted by Gasteiger charge is -2.25. The lowest BCUT2D eigenvalue weighted by Crippen LogP contribution is -2.31. The fourth-order valence-electron chi connectivity index (χ4n) is 3.75. The first-order valence-electron chi connectivity index (χ1n) is 9.63. The van der Waals surface area contributed by atoms with Crippen molar-refractivity contribution in [3.63, 3.8) is 0 Å². The molecule has 0 saturated carbocycles. The Morgan fingerprint density at radius 2 is 2.15 bits per heavy atom. The molecule has 1 atom stereocenters. The fraction of sp³-hybridized carbons (Fsp3) is 0.409. The van der Waals surface area contributed by atoms with Crippen LogP contribution >= 0.6 is 11.3 Å². The molecular formula is C22H25NO3S. The Balaban J connectivity index is 1.63. The van der Waals surface area contributed by atoms with Crippen LogP contribution in [-0.2, 0) is 24.2 Å². The topological polar surface area (TPSA) is 42.7 Å². The Labute approximate surface area is 163 Å². The third kappa shape index (κ3) is 4.49. The van der Waals surface area contributed by atoms with Crippen LogP contribution in [0.15, 0.2) is 51.0 Å². The maximum atomic E-state index is 12.1. The molecule has 27 heavy (non-hydrogen) atoms. The molecule has 142 valence electrons. The van der Waals surface area contributed by atoms with E-state index in [1.807, 2.05) is 6.07 Å². The zero-order chi connectivity index (χ0) is 18.6. The molecule has 0 radical (unpaired) electrons. The van der Waals surface area contributed by atoms with Crippen LogP contribution < -0.4 is 5.63 Å². The van der Waals surface area contributed by atoms with E-state index in [4.69, 9.17) is 9.15 Å². The summed E-state index contributed by atoms with van der Waals surface area (Å²) in [5.41, 5.74) is 2.61. The SMILES string of the molecule is CCc1ccc2c(CN(Cc3cccs3)CC3CCCO3)cc(=O)oc2c1. The third-order valence-electron chi connectivity index (χ3n) is 5.14. The minimum Gasteiger partial charge on any atom is -0.423 e. The zero-order valence-electron chi connectivity index (χ0n) is 15.6. The van der Waals surface area contributed by atoms with Gasteiger partial charge in [-0.15, -0.1) is 11.3 Å². The Morgan fingerprint density at radius 1 is 1.22 bits per heavy atom. The van der Waals surface area contributed by atoms with E-state index in [9.17, 15) is 4.79 Å². The molecule has 1 fully saturated rings. The summed E-state index contributed by atoms with van der Waals surface area (Å²) in [7, 11) is 0. The molecule has 1 aliphatic rings. The molecule has 3 heterocycles. The van der Waals surface area contributed by atoms with Gasteiger partial charge in [-0.2, -0.15) is 0 Å². The van der Waals surface area contributed by atoms with Gasteiger partial charge in [0.15, 0.2) is 0 Å². The highest BCUT2D eigenvalue weighted by molar-refractivity contribution is 7.09. The van der Waals surface area contributed by atoms with E-state index in [1.165, 1.54) is 10.4 Å². The van der Waals surface area contributed by atoms with Crippen molar-refractivity contribution >= 4 is 22.3 Å². The van der Waals surface area contributed by atoms with Gasteiger partial charge in [0.05, 0.1) is 6.10 Å². The molecule has 1 aliphatic heterocycles. The van der Waals surface area contributed by atoms with Crippen LogP contribution in [-0.4, -0.2) is 24.2 Å². The average Bonchev–Trinajstić information content (AvgIpc) is 3.35. The summed E-state index contributed by atoms with van der Waals surface area (Å²) in [6.07, 6.45) is 3.45. The average molecular weight is 384 g/mol. The first-order valence-corrected chi connectivity index (χ1v) is 10.5. The van der Waals surface area contributed by atoms with Gasteiger partial charge in [-0.25, -0.2) is 4.79 Å². The standard InChI is InChI=1S/C22H25NO3S/c1-2-16-7-8-20-17(12-22(24)26-21(20)11-16)13-23(14-18-5-3-9-25-18)15-19-6-4-10-27-19/h4,6-8,10-12,18H,2-3,5,9,13-15H2,1H3. The van der Waals surface area contributed by atoms with Gasteiger partial charge in [-0.05, 0) is 47.9 Å². The van der Waals surface area contributed by atoms with Gasteiger partial charge in [0.1, 0.15) is 5.58 Å². The van der Waals surface area contributed by atoms with Crippen molar-refractivity contribution in [3.8, 4) is 0 Å². The summed E-state index contributed by atoms with van der Waals surface area (Å²) in [6.45, 7) is 5.42. The number of nitrogens with zero attached hydrogens (tertiary/aromatic N) is 1. The van der Waals surface area contributed by atoms with Gasteiger partial charge >= 0.3 is 5.63 Å². The van der Waals surface area contributed by atoms with Crippen molar-refractivity contribution in [1.82, 2.24) is 4.90 Å². The zero-order valence-corrected chi connectivity index (χ0v) is 16.5. The number of fused-ring (bicyclic) bond motifs is 1. The van der Waals surface area contributed by atoms with Crippen LogP contribution in [0.1, 0.15) is 35.8 Å². The van der Waals surface area contributed by atoms with Crippen LogP contribution in [0.3, 0.4) is 0 Å². The van der Waals surface area contributed by atoms with Crippen LogP contribution in [0.2, 0.25) is 0 Å². The van der Waals surface area contributed by atoms with E-state index >= 15 is 0 Å². The molecule has 0 spiro atoms. The maximum Gasteiger partial charge on any atom is 0.336 e. The first kappa shape index (κ1) is 18.4. The highest BCUT2D eigenvalue weighted by Gasteiger charge is 2.21. The second kappa shape index (κ2) is 8.38. The number of ether oxygens (including phenoxy) is 1. The largest absolute Gasteiger partial charge is 0.423 e. The summed E-state index contributed by atoms with van der Waals surface area (Å²) in [6, 6.07) is 12.1. The summed E-state index contributed by atoms with van der Waals surface area (Å²) < 4.78 is 11.3. The summed E-state index contributed by atoms with van der Waals surface area (Å²) >= 11 is 1.77. The molecule has 0 amide bonds. The molecule has 0 bridgehead atoms. The van der Waals surface area contributed by atoms with Crippen LogP contribution in [0, 0.1) is 0 Å². The van der Waals surface area contributed by atoms with Crippen LogP contribution in [0.5, 0.6) is 0 Å². The van der Waals surface area contributed by atoms with Gasteiger partial charge < -0.3 is 9.15 Å². The third-order valence-corrected chi connectivity index (χ3v) is 6.00. The van der Waals surface area contributed by atoms with Crippen molar-refractivity contribution in [2.24, 2.45) is 0 Å². The smallest absolute Gasteiger partial charge is 0.336 e. The predicted molar refractivity (Wildman–Crippen MR) is 109 cm³/mol. The van der Waals surface area contributed by atoms with Gasteiger partial charge in [-0.3, -0.25) is 4.90 Å². The monoisotopic (exact) mass is 383 g/mol. The Bertz CT molecular complexity index is 942. The summed E-state index contributed by atoms with van der Waals surface area (Å²) in [5, 5.41) is 3.13. The summed E-state index contributed by atoms with van der Waals surface area (Å²) in [5.74, 6) is 0. The maximum absolute atomic E-state index is 12.1. The fourth-order valence-corrected chi connectivity index (χ4v) is 4.50. The van der Waals surface area contributed by atoms with Gasteiger partial charge in [0, 0.05) is 42.6 Å². The molecule has 0 aliphatic carbocycles. The Morgan fingerprint density at radius 3 is 2.89 bits per heavy atom. The summed E-state index contributed by atoms with van der Waals surface area (Å²) in [4.78, 5) is 15.9. The number of thiophene rings is 1. The minimum atomic E-state index is -0.279. The van der Waals surface area contributed by atoms with E-state index in [0.717, 1.165) is 49.9 Å². The normalized spacial score (nSPS) is 17.2. The second-order valence-electron chi connectivity index (χ2n) is 7.16. The van der Waals surface area contributed by atoms with Gasteiger partial charge in [0.25, 0.3) is 0 Å².